The molecule has 0 spiro atoms. The molecule has 0 fully saturated rings. The third-order valence-electron chi connectivity index (χ3n) is 1.78. The molecule has 0 amide bonds. The van der Waals surface area contributed by atoms with E-state index >= 15 is 0 Å². The van der Waals surface area contributed by atoms with E-state index in [0.29, 0.717) is 17.4 Å². The lowest BCUT2D eigenvalue weighted by atomic mass is 10.0. The van der Waals surface area contributed by atoms with Crippen LogP contribution >= 0.6 is 0 Å². The van der Waals surface area contributed by atoms with Crippen molar-refractivity contribution in [3.8, 4) is 0 Å². The first-order valence-corrected chi connectivity index (χ1v) is 3.37. The number of benzene rings is 1. The lowest BCUT2D eigenvalue weighted by molar-refractivity contribution is 0.112. The van der Waals surface area contributed by atoms with E-state index in [1.165, 1.54) is 6.07 Å². The van der Waals surface area contributed by atoms with Gasteiger partial charge in [0.25, 0.3) is 0 Å². The zero-order valence-corrected chi connectivity index (χ0v) is 6.52. The van der Waals surface area contributed by atoms with Crippen LogP contribution in [0, 0.1) is 19.7 Å². The fourth-order valence-electron chi connectivity index (χ4n) is 1.02. The summed E-state index contributed by atoms with van der Waals surface area (Å²) in [6, 6.07) is 2.98. The van der Waals surface area contributed by atoms with Gasteiger partial charge in [-0.25, -0.2) is 4.39 Å². The van der Waals surface area contributed by atoms with Gasteiger partial charge < -0.3 is 0 Å². The first-order valence-electron chi connectivity index (χ1n) is 3.37. The van der Waals surface area contributed by atoms with Crippen molar-refractivity contribution in [3.63, 3.8) is 0 Å². The van der Waals surface area contributed by atoms with Crippen LogP contribution < -0.4 is 0 Å². The Labute approximate surface area is 64.9 Å². The molecule has 0 saturated heterocycles. The maximum Gasteiger partial charge on any atom is 0.150 e. The van der Waals surface area contributed by atoms with Crippen molar-refractivity contribution < 1.29 is 9.18 Å². The quantitative estimate of drug-likeness (QED) is 0.564. The number of aldehydes is 1. The summed E-state index contributed by atoms with van der Waals surface area (Å²) >= 11 is 0. The molecule has 0 aliphatic heterocycles. The van der Waals surface area contributed by atoms with Gasteiger partial charge in [-0.1, -0.05) is 6.07 Å². The zero-order chi connectivity index (χ0) is 8.43. The van der Waals surface area contributed by atoms with E-state index in [9.17, 15) is 9.18 Å². The van der Waals surface area contributed by atoms with E-state index in [0.717, 1.165) is 5.56 Å². The molecule has 11 heavy (non-hydrogen) atoms. The number of hydrogen-bond acceptors (Lipinski definition) is 1. The largest absolute Gasteiger partial charge is 0.298 e. The summed E-state index contributed by atoms with van der Waals surface area (Å²) in [5.74, 6) is -0.322. The minimum absolute atomic E-state index is 0.322. The van der Waals surface area contributed by atoms with Crippen LogP contribution in [-0.2, 0) is 0 Å². The Bertz CT molecular complexity index is 292. The second kappa shape index (κ2) is 2.82. The molecular weight excluding hydrogens is 143 g/mol. The molecule has 0 aliphatic rings. The Kier molecular flexibility index (Phi) is 2.03. The summed E-state index contributed by atoms with van der Waals surface area (Å²) in [7, 11) is 0. The number of carbonyl (C=O) groups is 1. The lowest BCUT2D eigenvalue weighted by Gasteiger charge is -2.02. The summed E-state index contributed by atoms with van der Waals surface area (Å²) in [6.45, 7) is 3.39. The molecule has 1 rings (SSSR count). The van der Waals surface area contributed by atoms with Crippen LogP contribution in [0.15, 0.2) is 12.1 Å². The highest BCUT2D eigenvalue weighted by Crippen LogP contribution is 2.14. The van der Waals surface area contributed by atoms with E-state index in [1.54, 1.807) is 19.9 Å². The van der Waals surface area contributed by atoms with Crippen molar-refractivity contribution in [3.05, 3.63) is 34.6 Å². The predicted octanol–water partition coefficient (Wildman–Crippen LogP) is 2.26. The highest BCUT2D eigenvalue weighted by molar-refractivity contribution is 5.79. The first-order chi connectivity index (χ1) is 5.16. The van der Waals surface area contributed by atoms with Gasteiger partial charge in [0, 0.05) is 5.56 Å². The van der Waals surface area contributed by atoms with Crippen LogP contribution in [0.25, 0.3) is 0 Å². The third-order valence-corrected chi connectivity index (χ3v) is 1.78. The van der Waals surface area contributed by atoms with E-state index in [-0.39, 0.29) is 5.82 Å². The van der Waals surface area contributed by atoms with Gasteiger partial charge in [0.1, 0.15) is 5.82 Å². The van der Waals surface area contributed by atoms with Gasteiger partial charge >= 0.3 is 0 Å². The number of halogens is 1. The Morgan fingerprint density at radius 1 is 1.36 bits per heavy atom. The van der Waals surface area contributed by atoms with Crippen molar-refractivity contribution in [2.24, 2.45) is 0 Å². The Morgan fingerprint density at radius 3 is 2.45 bits per heavy atom. The predicted molar refractivity (Wildman–Crippen MR) is 41.3 cm³/mol. The standard InChI is InChI=1S/C9H9FO/c1-6-3-4-9(10)7(2)8(6)5-11/h3-5H,1-2H3. The summed E-state index contributed by atoms with van der Waals surface area (Å²) in [5.41, 5.74) is 1.71. The van der Waals surface area contributed by atoms with Gasteiger partial charge in [0.15, 0.2) is 6.29 Å². The Balaban J connectivity index is 3.40. The average molecular weight is 152 g/mol. The SMILES string of the molecule is Cc1ccc(F)c(C)c1C=O. The summed E-state index contributed by atoms with van der Waals surface area (Å²) in [5, 5.41) is 0. The zero-order valence-electron chi connectivity index (χ0n) is 6.52. The molecule has 0 unspecified atom stereocenters. The van der Waals surface area contributed by atoms with Crippen LogP contribution in [0.3, 0.4) is 0 Å². The fourth-order valence-corrected chi connectivity index (χ4v) is 1.02. The molecule has 2 heteroatoms. The molecule has 0 atom stereocenters. The molecule has 0 aliphatic carbocycles. The maximum atomic E-state index is 12.8. The summed E-state index contributed by atoms with van der Waals surface area (Å²) in [6.07, 6.45) is 0.688. The topological polar surface area (TPSA) is 17.1 Å². The normalized spacial score (nSPS) is 9.73. The molecule has 0 saturated carbocycles. The van der Waals surface area contributed by atoms with Crippen LogP contribution in [0.5, 0.6) is 0 Å². The van der Waals surface area contributed by atoms with Crippen LogP contribution in [0.2, 0.25) is 0 Å². The smallest absolute Gasteiger partial charge is 0.150 e. The van der Waals surface area contributed by atoms with Crippen molar-refractivity contribution in [1.29, 1.82) is 0 Å². The van der Waals surface area contributed by atoms with Crippen molar-refractivity contribution >= 4 is 6.29 Å². The number of rotatable bonds is 1. The highest BCUT2D eigenvalue weighted by Gasteiger charge is 2.04. The van der Waals surface area contributed by atoms with Gasteiger partial charge in [0.2, 0.25) is 0 Å². The molecule has 0 N–H and O–H groups in total. The fraction of sp³-hybridized carbons (Fsp3) is 0.222. The minimum atomic E-state index is -0.322. The molecule has 0 radical (unpaired) electrons. The monoisotopic (exact) mass is 152 g/mol. The molecule has 1 aromatic carbocycles. The number of aryl methyl sites for hydroxylation is 1. The number of carbonyl (C=O) groups excluding carboxylic acids is 1. The van der Waals surface area contributed by atoms with E-state index in [4.69, 9.17) is 0 Å². The molecule has 58 valence electrons. The molecular formula is C9H9FO. The minimum Gasteiger partial charge on any atom is -0.298 e. The van der Waals surface area contributed by atoms with Crippen molar-refractivity contribution in [1.82, 2.24) is 0 Å². The van der Waals surface area contributed by atoms with Gasteiger partial charge in [-0.05, 0) is 31.0 Å². The van der Waals surface area contributed by atoms with Crippen LogP contribution in [0.4, 0.5) is 4.39 Å². The van der Waals surface area contributed by atoms with Crippen molar-refractivity contribution in [2.75, 3.05) is 0 Å². The maximum absolute atomic E-state index is 12.8. The molecule has 0 aromatic heterocycles. The van der Waals surface area contributed by atoms with Gasteiger partial charge in [-0.3, -0.25) is 4.79 Å². The van der Waals surface area contributed by atoms with E-state index in [1.807, 2.05) is 0 Å². The lowest BCUT2D eigenvalue weighted by Crippen LogP contribution is -1.94. The molecule has 1 aromatic rings. The summed E-state index contributed by atoms with van der Waals surface area (Å²) < 4.78 is 12.8. The number of hydrogen-bond donors (Lipinski definition) is 0. The van der Waals surface area contributed by atoms with Crippen molar-refractivity contribution in [2.45, 2.75) is 13.8 Å². The average Bonchev–Trinajstić information content (AvgIpc) is 1.99. The van der Waals surface area contributed by atoms with Gasteiger partial charge in [-0.15, -0.1) is 0 Å². The van der Waals surface area contributed by atoms with Gasteiger partial charge in [0.05, 0.1) is 0 Å². The van der Waals surface area contributed by atoms with Crippen LogP contribution in [0.1, 0.15) is 21.5 Å². The molecule has 0 heterocycles. The first kappa shape index (κ1) is 7.92. The Hall–Kier alpha value is -1.18. The second-order valence-corrected chi connectivity index (χ2v) is 2.52. The van der Waals surface area contributed by atoms with E-state index in [2.05, 4.69) is 0 Å². The van der Waals surface area contributed by atoms with Gasteiger partial charge in [-0.2, -0.15) is 0 Å². The highest BCUT2D eigenvalue weighted by atomic mass is 19.1. The van der Waals surface area contributed by atoms with Crippen LogP contribution in [-0.4, -0.2) is 6.29 Å². The third kappa shape index (κ3) is 1.29. The Morgan fingerprint density at radius 2 is 2.00 bits per heavy atom. The molecule has 0 bridgehead atoms. The summed E-state index contributed by atoms with van der Waals surface area (Å²) in [4.78, 5) is 10.4. The van der Waals surface area contributed by atoms with E-state index < -0.39 is 0 Å². The second-order valence-electron chi connectivity index (χ2n) is 2.52. The molecule has 1 nitrogen and oxygen atoms in total.